The fourth-order valence-corrected chi connectivity index (χ4v) is 5.83. The molecule has 2 aromatic carbocycles. The molecule has 2 N–H and O–H groups in total. The fourth-order valence-electron chi connectivity index (χ4n) is 5.83. The number of benzene rings is 2. The van der Waals surface area contributed by atoms with Gasteiger partial charge < -0.3 is 24.3 Å². The van der Waals surface area contributed by atoms with Gasteiger partial charge in [-0.15, -0.1) is 0 Å². The van der Waals surface area contributed by atoms with Crippen molar-refractivity contribution < 1.29 is 36.3 Å². The number of hydrogen-bond acceptors (Lipinski definition) is 5. The van der Waals surface area contributed by atoms with Gasteiger partial charge in [-0.05, 0) is 67.8 Å². The molecular weight excluding hydrogens is 621 g/mol. The van der Waals surface area contributed by atoms with Gasteiger partial charge in [0.25, 0.3) is 0 Å². The van der Waals surface area contributed by atoms with Gasteiger partial charge in [-0.1, -0.05) is 12.1 Å². The molecule has 1 fully saturated rings. The number of carbonyl (C=O) groups is 2. The molecule has 3 heterocycles. The molecule has 0 aliphatic heterocycles. The van der Waals surface area contributed by atoms with Crippen LogP contribution in [0.3, 0.4) is 0 Å². The van der Waals surface area contributed by atoms with Crippen molar-refractivity contribution in [2.24, 2.45) is 7.05 Å². The predicted molar refractivity (Wildman–Crippen MR) is 166 cm³/mol. The van der Waals surface area contributed by atoms with Gasteiger partial charge in [-0.25, -0.2) is 13.8 Å². The summed E-state index contributed by atoms with van der Waals surface area (Å²) >= 11 is 0. The maximum Gasteiger partial charge on any atom is 0.417 e. The molecule has 1 amide bonds. The van der Waals surface area contributed by atoms with Crippen LogP contribution in [-0.2, 0) is 22.8 Å². The summed E-state index contributed by atoms with van der Waals surface area (Å²) in [6.07, 6.45) is 1.41. The van der Waals surface area contributed by atoms with Crippen molar-refractivity contribution in [2.45, 2.75) is 38.1 Å². The van der Waals surface area contributed by atoms with Crippen LogP contribution in [0.15, 0.2) is 66.9 Å². The number of hydrogen-bond donors (Lipinski definition) is 2. The molecule has 0 bridgehead atoms. The maximum atomic E-state index is 15.0. The molecule has 0 radical (unpaired) electrons. The number of fused-ring (bicyclic) bond motifs is 2. The molecule has 13 heteroatoms. The molecule has 244 valence electrons. The molecular formula is C34H30F5N5O3. The lowest BCUT2D eigenvalue weighted by atomic mass is 9.89. The number of amides is 1. The van der Waals surface area contributed by atoms with E-state index in [0.717, 1.165) is 37.1 Å². The summed E-state index contributed by atoms with van der Waals surface area (Å²) in [6, 6.07) is 10.1. The zero-order valence-electron chi connectivity index (χ0n) is 25.6. The van der Waals surface area contributed by atoms with Crippen molar-refractivity contribution in [1.82, 2.24) is 19.3 Å². The number of aromatic nitrogens is 3. The number of aryl methyl sites for hydroxylation is 2. The Morgan fingerprint density at radius 3 is 2.45 bits per heavy atom. The zero-order chi connectivity index (χ0) is 33.6. The summed E-state index contributed by atoms with van der Waals surface area (Å²) in [4.78, 5) is 30.2. The summed E-state index contributed by atoms with van der Waals surface area (Å²) in [7, 11) is 3.28. The molecule has 0 saturated heterocycles. The topological polar surface area (TPSA) is 89.7 Å². The summed E-state index contributed by atoms with van der Waals surface area (Å²) in [5, 5.41) is 5.38. The lowest BCUT2D eigenvalue weighted by Crippen LogP contribution is -2.45. The van der Waals surface area contributed by atoms with Crippen molar-refractivity contribution in [3.8, 4) is 11.1 Å². The van der Waals surface area contributed by atoms with E-state index in [1.165, 1.54) is 47.0 Å². The highest BCUT2D eigenvalue weighted by Crippen LogP contribution is 2.41. The van der Waals surface area contributed by atoms with Crippen molar-refractivity contribution in [3.63, 3.8) is 0 Å². The third-order valence-electron chi connectivity index (χ3n) is 8.54. The highest BCUT2D eigenvalue weighted by atomic mass is 19.4. The van der Waals surface area contributed by atoms with Crippen LogP contribution in [0, 0.1) is 18.6 Å². The highest BCUT2D eigenvalue weighted by molar-refractivity contribution is 6.09. The monoisotopic (exact) mass is 651 g/mol. The lowest BCUT2D eigenvalue weighted by Gasteiger charge is -2.34. The van der Waals surface area contributed by atoms with Gasteiger partial charge in [-0.2, -0.15) is 13.2 Å². The van der Waals surface area contributed by atoms with Crippen LogP contribution in [0.1, 0.15) is 40.3 Å². The molecule has 0 unspecified atom stereocenters. The number of ketones is 1. The Morgan fingerprint density at radius 1 is 1.04 bits per heavy atom. The minimum atomic E-state index is -4.69. The van der Waals surface area contributed by atoms with Gasteiger partial charge in [0.15, 0.2) is 0 Å². The zero-order valence-corrected chi connectivity index (χ0v) is 25.6. The minimum Gasteiger partial charge on any atom is -0.381 e. The van der Waals surface area contributed by atoms with E-state index in [2.05, 4.69) is 15.6 Å². The number of ether oxygens (including phenoxy) is 1. The molecule has 6 rings (SSSR count). The number of anilines is 1. The van der Waals surface area contributed by atoms with Crippen molar-refractivity contribution in [1.29, 1.82) is 0 Å². The molecule has 3 aromatic heterocycles. The van der Waals surface area contributed by atoms with E-state index >= 15 is 8.78 Å². The highest BCUT2D eigenvalue weighted by Gasteiger charge is 2.35. The van der Waals surface area contributed by atoms with Crippen LogP contribution in [0.2, 0.25) is 0 Å². The van der Waals surface area contributed by atoms with Crippen LogP contribution in [0.25, 0.3) is 27.7 Å². The number of imidazole rings is 1. The molecule has 1 aliphatic rings. The van der Waals surface area contributed by atoms with Crippen LogP contribution in [-0.4, -0.2) is 51.4 Å². The Bertz CT molecular complexity index is 2030. The van der Waals surface area contributed by atoms with Crippen LogP contribution in [0.4, 0.5) is 27.6 Å². The first kappa shape index (κ1) is 32.1. The van der Waals surface area contributed by atoms with E-state index < -0.39 is 40.8 Å². The maximum absolute atomic E-state index is 15.0. The van der Waals surface area contributed by atoms with Gasteiger partial charge in [0.05, 0.1) is 33.9 Å². The summed E-state index contributed by atoms with van der Waals surface area (Å²) < 4.78 is 81.1. The van der Waals surface area contributed by atoms with E-state index in [9.17, 15) is 22.8 Å². The average molecular weight is 652 g/mol. The molecule has 8 nitrogen and oxygen atoms in total. The first-order chi connectivity index (χ1) is 22.3. The van der Waals surface area contributed by atoms with Crippen LogP contribution >= 0.6 is 0 Å². The molecule has 1 saturated carbocycles. The van der Waals surface area contributed by atoms with Crippen molar-refractivity contribution in [2.75, 3.05) is 19.0 Å². The predicted octanol–water partition coefficient (Wildman–Crippen LogP) is 6.59. The molecule has 47 heavy (non-hydrogen) atoms. The fraction of sp³-hybridized carbons (Fsp3) is 0.265. The van der Waals surface area contributed by atoms with Crippen LogP contribution < -0.4 is 10.6 Å². The molecule has 1 aliphatic carbocycles. The van der Waals surface area contributed by atoms with Gasteiger partial charge >= 0.3 is 6.18 Å². The number of nitrogens with one attached hydrogen (secondary N) is 2. The number of methoxy groups -OCH3 is 1. The number of nitrogens with zero attached hydrogens (tertiary/aromatic N) is 3. The third kappa shape index (κ3) is 6.15. The Balaban J connectivity index is 1.25. The smallest absolute Gasteiger partial charge is 0.381 e. The SMILES string of the molecule is COC1CC(NC/C=C/C(=O)Nc2c(F)cc(C(=O)c3ccc4c(-c5cc6nc(C)n(C)c6cc5C(F)(F)F)cccn34)cc2F)C1. The number of pyridine rings is 1. The van der Waals surface area contributed by atoms with E-state index in [-0.39, 0.29) is 40.0 Å². The number of carbonyl (C=O) groups excluding carboxylic acids is 2. The van der Waals surface area contributed by atoms with Crippen molar-refractivity contribution >= 4 is 33.9 Å². The second-order valence-corrected chi connectivity index (χ2v) is 11.5. The summed E-state index contributed by atoms with van der Waals surface area (Å²) in [5.74, 6) is -3.32. The molecule has 0 spiro atoms. The Morgan fingerprint density at radius 2 is 1.77 bits per heavy atom. The Labute approximate surface area is 265 Å². The standard InChI is InChI=1S/C34H30F5N5O3/c1-18-41-27-16-23(24(34(37,38)39)17-30(27)43(18)2)22-6-5-11-44-28(22)8-9-29(44)33(46)19-12-25(35)32(26(36)13-19)42-31(45)7-4-10-40-20-14-21(15-20)47-3/h4-9,11-13,16-17,20-21,40H,10,14-15H2,1-3H3,(H,42,45)/b7-4+. The number of alkyl halides is 3. The number of rotatable bonds is 9. The first-order valence-electron chi connectivity index (χ1n) is 14.8. The van der Waals surface area contributed by atoms with E-state index in [0.29, 0.717) is 23.4 Å². The minimum absolute atomic E-state index is 0.0283. The van der Waals surface area contributed by atoms with Gasteiger partial charge in [0, 0.05) is 50.1 Å². The average Bonchev–Trinajstić information content (AvgIpc) is 3.56. The Kier molecular flexibility index (Phi) is 8.45. The number of halogens is 5. The van der Waals surface area contributed by atoms with Crippen LogP contribution in [0.5, 0.6) is 0 Å². The van der Waals surface area contributed by atoms with E-state index in [4.69, 9.17) is 4.74 Å². The van der Waals surface area contributed by atoms with E-state index in [1.54, 1.807) is 25.6 Å². The Hall–Kier alpha value is -4.88. The normalized spacial score (nSPS) is 16.7. The quantitative estimate of drug-likeness (QED) is 0.107. The van der Waals surface area contributed by atoms with Crippen molar-refractivity contribution in [3.05, 3.63) is 101 Å². The summed E-state index contributed by atoms with van der Waals surface area (Å²) in [5.41, 5.74) is -0.940. The first-order valence-corrected chi connectivity index (χ1v) is 14.8. The lowest BCUT2D eigenvalue weighted by molar-refractivity contribution is -0.137. The van der Waals surface area contributed by atoms with Gasteiger partial charge in [0.2, 0.25) is 11.7 Å². The van der Waals surface area contributed by atoms with Gasteiger partial charge in [-0.3, -0.25) is 9.59 Å². The second kappa shape index (κ2) is 12.4. The van der Waals surface area contributed by atoms with E-state index in [1.807, 2.05) is 0 Å². The second-order valence-electron chi connectivity index (χ2n) is 11.5. The molecule has 0 atom stereocenters. The van der Waals surface area contributed by atoms with Gasteiger partial charge in [0.1, 0.15) is 23.1 Å². The molecule has 5 aromatic rings. The summed E-state index contributed by atoms with van der Waals surface area (Å²) in [6.45, 7) is 2.07. The largest absolute Gasteiger partial charge is 0.417 e. The third-order valence-corrected chi connectivity index (χ3v) is 8.54.